The van der Waals surface area contributed by atoms with Crippen molar-refractivity contribution < 1.29 is 0 Å². The van der Waals surface area contributed by atoms with Gasteiger partial charge in [-0.15, -0.1) is 0 Å². The number of hydrogen-bond acceptors (Lipinski definition) is 1. The molecule has 2 nitrogen and oxygen atoms in total. The maximum Gasteiger partial charge on any atom is 0.137 e. The first-order valence-electron chi connectivity index (χ1n) is 4.31. The highest BCUT2D eigenvalue weighted by molar-refractivity contribution is 9.10. The van der Waals surface area contributed by atoms with Gasteiger partial charge in [-0.1, -0.05) is 13.8 Å². The minimum atomic E-state index is 0.556. The van der Waals surface area contributed by atoms with Gasteiger partial charge in [0.05, 0.1) is 6.20 Å². The number of nitrogens with zero attached hydrogens (tertiary/aromatic N) is 2. The molecule has 2 heterocycles. The van der Waals surface area contributed by atoms with E-state index in [4.69, 9.17) is 0 Å². The molecule has 2 aromatic rings. The summed E-state index contributed by atoms with van der Waals surface area (Å²) in [6, 6.07) is 4.25. The number of pyridine rings is 1. The van der Waals surface area contributed by atoms with Crippen LogP contribution in [0, 0.1) is 0 Å². The molecule has 13 heavy (non-hydrogen) atoms. The third-order valence-electron chi connectivity index (χ3n) is 2.16. The van der Waals surface area contributed by atoms with E-state index in [1.165, 1.54) is 5.56 Å². The van der Waals surface area contributed by atoms with Crippen LogP contribution in [0.3, 0.4) is 0 Å². The van der Waals surface area contributed by atoms with Crippen LogP contribution in [0.15, 0.2) is 29.1 Å². The summed E-state index contributed by atoms with van der Waals surface area (Å²) in [7, 11) is 0. The Morgan fingerprint density at radius 3 is 2.92 bits per heavy atom. The van der Waals surface area contributed by atoms with Crippen LogP contribution in [0.4, 0.5) is 0 Å². The Balaban J connectivity index is 2.63. The van der Waals surface area contributed by atoms with E-state index in [0.717, 1.165) is 10.3 Å². The van der Waals surface area contributed by atoms with Gasteiger partial charge < -0.3 is 0 Å². The number of imidazole rings is 1. The molecule has 0 amide bonds. The molecule has 0 atom stereocenters. The average Bonchev–Trinajstić information content (AvgIpc) is 2.47. The second kappa shape index (κ2) is 3.14. The van der Waals surface area contributed by atoms with Gasteiger partial charge in [0.25, 0.3) is 0 Å². The molecule has 68 valence electrons. The zero-order valence-corrected chi connectivity index (χ0v) is 9.25. The summed E-state index contributed by atoms with van der Waals surface area (Å²) in [5.41, 5.74) is 2.32. The van der Waals surface area contributed by atoms with Crippen molar-refractivity contribution in [2.24, 2.45) is 0 Å². The van der Waals surface area contributed by atoms with Crippen molar-refractivity contribution >= 4 is 21.6 Å². The highest BCUT2D eigenvalue weighted by Gasteiger charge is 2.03. The molecule has 2 aromatic heterocycles. The first-order valence-corrected chi connectivity index (χ1v) is 5.10. The summed E-state index contributed by atoms with van der Waals surface area (Å²) in [5, 5.41) is 0. The number of hydrogen-bond donors (Lipinski definition) is 0. The topological polar surface area (TPSA) is 17.3 Å². The van der Waals surface area contributed by atoms with E-state index in [-0.39, 0.29) is 0 Å². The van der Waals surface area contributed by atoms with E-state index < -0.39 is 0 Å². The van der Waals surface area contributed by atoms with Gasteiger partial charge >= 0.3 is 0 Å². The van der Waals surface area contributed by atoms with Crippen molar-refractivity contribution in [1.29, 1.82) is 0 Å². The predicted octanol–water partition coefficient (Wildman–Crippen LogP) is 3.22. The molecule has 0 saturated carbocycles. The van der Waals surface area contributed by atoms with Crippen LogP contribution in [0.2, 0.25) is 0 Å². The lowest BCUT2D eigenvalue weighted by Crippen LogP contribution is -1.90. The molecule has 0 aliphatic heterocycles. The number of aromatic nitrogens is 2. The van der Waals surface area contributed by atoms with Crippen LogP contribution >= 0.6 is 15.9 Å². The molecule has 0 aliphatic carbocycles. The van der Waals surface area contributed by atoms with Crippen molar-refractivity contribution in [3.8, 4) is 0 Å². The minimum absolute atomic E-state index is 0.556. The molecule has 0 radical (unpaired) electrons. The molecule has 3 heteroatoms. The fourth-order valence-electron chi connectivity index (χ4n) is 1.32. The van der Waals surface area contributed by atoms with E-state index in [1.54, 1.807) is 0 Å². The van der Waals surface area contributed by atoms with Crippen molar-refractivity contribution in [2.45, 2.75) is 19.8 Å². The number of halogens is 1. The molecule has 0 aliphatic rings. The zero-order valence-electron chi connectivity index (χ0n) is 7.66. The first-order chi connectivity index (χ1) is 6.18. The maximum absolute atomic E-state index is 4.28. The fourth-order valence-corrected chi connectivity index (χ4v) is 1.73. The van der Waals surface area contributed by atoms with Crippen molar-refractivity contribution in [2.75, 3.05) is 0 Å². The standard InChI is InChI=1S/C10H11BrN2/c1-7(2)8-3-4-13-9(11)6-12-10(13)5-8/h3-7H,1-2H3. The predicted molar refractivity (Wildman–Crippen MR) is 57.0 cm³/mol. The monoisotopic (exact) mass is 238 g/mol. The van der Waals surface area contributed by atoms with E-state index in [9.17, 15) is 0 Å². The third kappa shape index (κ3) is 1.48. The van der Waals surface area contributed by atoms with E-state index >= 15 is 0 Å². The van der Waals surface area contributed by atoms with Crippen LogP contribution in [0.25, 0.3) is 5.65 Å². The fraction of sp³-hybridized carbons (Fsp3) is 0.300. The quantitative estimate of drug-likeness (QED) is 0.746. The smallest absolute Gasteiger partial charge is 0.137 e. The summed E-state index contributed by atoms with van der Waals surface area (Å²) in [5.74, 6) is 0.556. The second-order valence-electron chi connectivity index (χ2n) is 3.42. The first kappa shape index (κ1) is 8.75. The summed E-state index contributed by atoms with van der Waals surface area (Å²) >= 11 is 3.43. The highest BCUT2D eigenvalue weighted by atomic mass is 79.9. The third-order valence-corrected chi connectivity index (χ3v) is 2.75. The van der Waals surface area contributed by atoms with Gasteiger partial charge in [0.15, 0.2) is 0 Å². The van der Waals surface area contributed by atoms with Crippen molar-refractivity contribution in [1.82, 2.24) is 9.38 Å². The Bertz CT molecular complexity index is 431. The summed E-state index contributed by atoms with van der Waals surface area (Å²) in [6.45, 7) is 4.37. The van der Waals surface area contributed by atoms with Crippen molar-refractivity contribution in [3.63, 3.8) is 0 Å². The SMILES string of the molecule is CC(C)c1ccn2c(Br)cnc2c1. The molecular weight excluding hydrogens is 228 g/mol. The lowest BCUT2D eigenvalue weighted by atomic mass is 10.1. The van der Waals surface area contributed by atoms with E-state index in [0.29, 0.717) is 5.92 Å². The number of fused-ring (bicyclic) bond motifs is 1. The Kier molecular flexibility index (Phi) is 2.12. The molecule has 0 saturated heterocycles. The Labute approximate surface area is 85.7 Å². The Hall–Kier alpha value is -0.830. The zero-order chi connectivity index (χ0) is 9.42. The van der Waals surface area contributed by atoms with Gasteiger partial charge in [0.1, 0.15) is 10.3 Å². The largest absolute Gasteiger partial charge is 0.294 e. The normalized spacial score (nSPS) is 11.4. The van der Waals surface area contributed by atoms with Crippen LogP contribution < -0.4 is 0 Å². The second-order valence-corrected chi connectivity index (χ2v) is 4.24. The molecule has 2 rings (SSSR count). The maximum atomic E-state index is 4.28. The van der Waals surface area contributed by atoms with Crippen LogP contribution in [-0.4, -0.2) is 9.38 Å². The molecule has 0 N–H and O–H groups in total. The average molecular weight is 239 g/mol. The van der Waals surface area contributed by atoms with Crippen LogP contribution in [0.5, 0.6) is 0 Å². The Morgan fingerprint density at radius 1 is 1.46 bits per heavy atom. The van der Waals surface area contributed by atoms with E-state index in [2.05, 4.69) is 46.9 Å². The lowest BCUT2D eigenvalue weighted by molar-refractivity contribution is 0.862. The van der Waals surface area contributed by atoms with Gasteiger partial charge in [0, 0.05) is 6.20 Å². The summed E-state index contributed by atoms with van der Waals surface area (Å²) < 4.78 is 3.02. The van der Waals surface area contributed by atoms with E-state index in [1.807, 2.05) is 16.8 Å². The lowest BCUT2D eigenvalue weighted by Gasteiger charge is -2.04. The van der Waals surface area contributed by atoms with Gasteiger partial charge in [0.2, 0.25) is 0 Å². The van der Waals surface area contributed by atoms with Gasteiger partial charge in [-0.25, -0.2) is 4.98 Å². The molecule has 0 bridgehead atoms. The van der Waals surface area contributed by atoms with Gasteiger partial charge in [-0.2, -0.15) is 0 Å². The van der Waals surface area contributed by atoms with Gasteiger partial charge in [-0.05, 0) is 39.5 Å². The van der Waals surface area contributed by atoms with Crippen LogP contribution in [-0.2, 0) is 0 Å². The number of rotatable bonds is 1. The molecule has 0 unspecified atom stereocenters. The molecule has 0 aromatic carbocycles. The molecular formula is C10H11BrN2. The molecule has 0 spiro atoms. The van der Waals surface area contributed by atoms with Crippen molar-refractivity contribution in [3.05, 3.63) is 34.7 Å². The minimum Gasteiger partial charge on any atom is -0.294 e. The molecule has 0 fully saturated rings. The summed E-state index contributed by atoms with van der Waals surface area (Å²) in [6.07, 6.45) is 3.86. The van der Waals surface area contributed by atoms with Gasteiger partial charge in [-0.3, -0.25) is 4.40 Å². The highest BCUT2D eigenvalue weighted by Crippen LogP contribution is 2.18. The summed E-state index contributed by atoms with van der Waals surface area (Å²) in [4.78, 5) is 4.28. The van der Waals surface area contributed by atoms with Crippen LogP contribution in [0.1, 0.15) is 25.3 Å². The Morgan fingerprint density at radius 2 is 2.23 bits per heavy atom.